The zero-order valence-corrected chi connectivity index (χ0v) is 9.70. The van der Waals surface area contributed by atoms with Crippen LogP contribution in [-0.2, 0) is 0 Å². The molecule has 0 aliphatic heterocycles. The molecule has 0 saturated heterocycles. The molecule has 1 aromatic heterocycles. The predicted octanol–water partition coefficient (Wildman–Crippen LogP) is 4.17. The summed E-state index contributed by atoms with van der Waals surface area (Å²) in [7, 11) is 0. The van der Waals surface area contributed by atoms with Crippen LogP contribution in [0.5, 0.6) is 0 Å². The van der Waals surface area contributed by atoms with E-state index in [9.17, 15) is 22.0 Å². The van der Waals surface area contributed by atoms with E-state index < -0.39 is 40.7 Å². The summed E-state index contributed by atoms with van der Waals surface area (Å²) in [4.78, 5) is 2.37. The maximum absolute atomic E-state index is 13.4. The van der Waals surface area contributed by atoms with Crippen LogP contribution >= 0.6 is 11.6 Å². The van der Waals surface area contributed by atoms with Gasteiger partial charge in [-0.2, -0.15) is 22.5 Å². The van der Waals surface area contributed by atoms with Crippen molar-refractivity contribution in [1.29, 1.82) is 0 Å². The number of para-hydroxylation sites is 1. The van der Waals surface area contributed by atoms with Crippen molar-refractivity contribution in [3.8, 4) is 0 Å². The standard InChI is InChI=1S/C11H4ClF5N2/c12-4-2-1-3-5(13)8(4)18-9-6(14)10(16)19-11(17)7(9)15/h1-3H,(H,18,19). The van der Waals surface area contributed by atoms with Gasteiger partial charge in [-0.15, -0.1) is 0 Å². The van der Waals surface area contributed by atoms with Crippen LogP contribution < -0.4 is 5.32 Å². The van der Waals surface area contributed by atoms with Gasteiger partial charge in [0.25, 0.3) is 11.9 Å². The molecule has 0 atom stereocenters. The third kappa shape index (κ3) is 2.46. The number of halogens is 6. The highest BCUT2D eigenvalue weighted by molar-refractivity contribution is 6.33. The molecule has 1 N–H and O–H groups in total. The van der Waals surface area contributed by atoms with Gasteiger partial charge in [0, 0.05) is 0 Å². The zero-order chi connectivity index (χ0) is 14.2. The van der Waals surface area contributed by atoms with Crippen LogP contribution in [0.4, 0.5) is 33.3 Å². The van der Waals surface area contributed by atoms with E-state index in [-0.39, 0.29) is 5.02 Å². The van der Waals surface area contributed by atoms with Crippen LogP contribution in [0.15, 0.2) is 18.2 Å². The minimum absolute atomic E-state index is 0.212. The summed E-state index contributed by atoms with van der Waals surface area (Å²) < 4.78 is 65.8. The number of pyridine rings is 1. The van der Waals surface area contributed by atoms with E-state index in [0.717, 1.165) is 6.07 Å². The summed E-state index contributed by atoms with van der Waals surface area (Å²) in [6.45, 7) is 0. The molecule has 1 aromatic carbocycles. The van der Waals surface area contributed by atoms with E-state index in [1.54, 1.807) is 0 Å². The van der Waals surface area contributed by atoms with Crippen molar-refractivity contribution in [1.82, 2.24) is 4.98 Å². The fourth-order valence-electron chi connectivity index (χ4n) is 1.34. The Balaban J connectivity index is 2.56. The monoisotopic (exact) mass is 294 g/mol. The number of aromatic nitrogens is 1. The van der Waals surface area contributed by atoms with E-state index in [4.69, 9.17) is 11.6 Å². The van der Waals surface area contributed by atoms with Gasteiger partial charge in [-0.25, -0.2) is 4.39 Å². The molecule has 0 radical (unpaired) electrons. The third-order valence-electron chi connectivity index (χ3n) is 2.21. The van der Waals surface area contributed by atoms with E-state index in [0.29, 0.717) is 0 Å². The first-order valence-electron chi connectivity index (χ1n) is 4.83. The second-order valence-electron chi connectivity index (χ2n) is 3.42. The molecule has 2 aromatic rings. The molecule has 0 amide bonds. The van der Waals surface area contributed by atoms with Gasteiger partial charge in [0.2, 0.25) is 11.6 Å². The summed E-state index contributed by atoms with van der Waals surface area (Å²) in [5.74, 6) is -8.21. The van der Waals surface area contributed by atoms with Gasteiger partial charge in [0.1, 0.15) is 11.5 Å². The van der Waals surface area contributed by atoms with Gasteiger partial charge in [0.05, 0.1) is 10.7 Å². The van der Waals surface area contributed by atoms with Crippen LogP contribution in [-0.4, -0.2) is 4.98 Å². The second-order valence-corrected chi connectivity index (χ2v) is 3.83. The predicted molar refractivity (Wildman–Crippen MR) is 58.8 cm³/mol. The largest absolute Gasteiger partial charge is 0.347 e. The van der Waals surface area contributed by atoms with E-state index in [1.165, 1.54) is 12.1 Å². The van der Waals surface area contributed by atoms with Crippen LogP contribution in [0.1, 0.15) is 0 Å². The summed E-state index contributed by atoms with van der Waals surface area (Å²) in [5, 5.41) is 1.67. The number of nitrogens with one attached hydrogen (secondary N) is 1. The molecule has 0 unspecified atom stereocenters. The minimum Gasteiger partial charge on any atom is -0.347 e. The minimum atomic E-state index is -1.85. The quantitative estimate of drug-likeness (QED) is 0.664. The van der Waals surface area contributed by atoms with Gasteiger partial charge < -0.3 is 5.32 Å². The highest BCUT2D eigenvalue weighted by atomic mass is 35.5. The van der Waals surface area contributed by atoms with E-state index in [2.05, 4.69) is 4.98 Å². The lowest BCUT2D eigenvalue weighted by Crippen LogP contribution is -2.07. The number of hydrogen-bond donors (Lipinski definition) is 1. The first-order valence-corrected chi connectivity index (χ1v) is 5.20. The molecule has 0 aliphatic carbocycles. The molecule has 2 rings (SSSR count). The SMILES string of the molecule is Fc1cccc(Cl)c1Nc1c(F)c(F)nc(F)c1F. The molecule has 0 saturated carbocycles. The molecule has 1 heterocycles. The molecule has 19 heavy (non-hydrogen) atoms. The van der Waals surface area contributed by atoms with E-state index >= 15 is 0 Å². The fraction of sp³-hybridized carbons (Fsp3) is 0. The molecular formula is C11H4ClF5N2. The average Bonchev–Trinajstić information content (AvgIpc) is 2.35. The van der Waals surface area contributed by atoms with Crippen LogP contribution in [0.2, 0.25) is 5.02 Å². The fourth-order valence-corrected chi connectivity index (χ4v) is 1.55. The first kappa shape index (κ1) is 13.5. The topological polar surface area (TPSA) is 24.9 Å². The van der Waals surface area contributed by atoms with Gasteiger partial charge >= 0.3 is 0 Å². The number of hydrogen-bond acceptors (Lipinski definition) is 2. The van der Waals surface area contributed by atoms with Crippen LogP contribution in [0, 0.1) is 29.3 Å². The third-order valence-corrected chi connectivity index (χ3v) is 2.53. The lowest BCUT2D eigenvalue weighted by atomic mass is 10.2. The van der Waals surface area contributed by atoms with Crippen molar-refractivity contribution in [3.63, 3.8) is 0 Å². The molecule has 8 heteroatoms. The Morgan fingerprint density at radius 2 is 1.47 bits per heavy atom. The van der Waals surface area contributed by atoms with Gasteiger partial charge in [-0.3, -0.25) is 0 Å². The summed E-state index contributed by atoms with van der Waals surface area (Å²) in [6, 6.07) is 3.44. The molecule has 100 valence electrons. The van der Waals surface area contributed by atoms with Crippen molar-refractivity contribution in [2.75, 3.05) is 5.32 Å². The number of benzene rings is 1. The highest BCUT2D eigenvalue weighted by Crippen LogP contribution is 2.31. The molecule has 0 aliphatic rings. The van der Waals surface area contributed by atoms with Gasteiger partial charge in [0.15, 0.2) is 0 Å². The summed E-state index contributed by atoms with van der Waals surface area (Å²) >= 11 is 5.61. The molecule has 0 fully saturated rings. The molecule has 0 spiro atoms. The normalized spacial score (nSPS) is 10.6. The summed E-state index contributed by atoms with van der Waals surface area (Å²) in [5.41, 5.74) is -1.72. The Hall–Kier alpha value is -1.89. The average molecular weight is 295 g/mol. The summed E-state index contributed by atoms with van der Waals surface area (Å²) in [6.07, 6.45) is 0. The Morgan fingerprint density at radius 3 is 2.00 bits per heavy atom. The van der Waals surface area contributed by atoms with Crippen LogP contribution in [0.3, 0.4) is 0 Å². The second kappa shape index (κ2) is 5.00. The Bertz CT molecular complexity index is 601. The van der Waals surface area contributed by atoms with Gasteiger partial charge in [-0.1, -0.05) is 17.7 Å². The Morgan fingerprint density at radius 1 is 0.895 bits per heavy atom. The maximum Gasteiger partial charge on any atom is 0.253 e. The number of anilines is 2. The van der Waals surface area contributed by atoms with Crippen molar-refractivity contribution >= 4 is 23.0 Å². The highest BCUT2D eigenvalue weighted by Gasteiger charge is 2.22. The van der Waals surface area contributed by atoms with Gasteiger partial charge in [-0.05, 0) is 12.1 Å². The van der Waals surface area contributed by atoms with Crippen molar-refractivity contribution in [2.24, 2.45) is 0 Å². The smallest absolute Gasteiger partial charge is 0.253 e. The Kier molecular flexibility index (Phi) is 3.57. The maximum atomic E-state index is 13.4. The van der Waals surface area contributed by atoms with Crippen LogP contribution in [0.25, 0.3) is 0 Å². The molecular weight excluding hydrogens is 291 g/mol. The first-order chi connectivity index (χ1) is 8.91. The number of rotatable bonds is 2. The van der Waals surface area contributed by atoms with Crippen molar-refractivity contribution in [3.05, 3.63) is 52.6 Å². The lowest BCUT2D eigenvalue weighted by molar-refractivity contribution is 0.411. The Labute approximate surface area is 108 Å². The lowest BCUT2D eigenvalue weighted by Gasteiger charge is -2.11. The zero-order valence-electron chi connectivity index (χ0n) is 8.95. The van der Waals surface area contributed by atoms with E-state index in [1.807, 2.05) is 5.32 Å². The molecule has 0 bridgehead atoms. The number of nitrogens with zero attached hydrogens (tertiary/aromatic N) is 1. The van der Waals surface area contributed by atoms with Crippen molar-refractivity contribution in [2.45, 2.75) is 0 Å². The van der Waals surface area contributed by atoms with Crippen molar-refractivity contribution < 1.29 is 22.0 Å². The molecule has 2 nitrogen and oxygen atoms in total.